The largest absolute Gasteiger partial charge is 0.480 e. The number of carbonyl (C=O) groups excluding carboxylic acids is 1. The SMILES string of the molecule is COc1nc2c(cc1C(=O)N[C@@H](C)Cc1cc(C)[nH]n1)CCC2. The van der Waals surface area contributed by atoms with Crippen molar-refractivity contribution in [3.05, 3.63) is 40.3 Å². The average molecular weight is 314 g/mol. The van der Waals surface area contributed by atoms with E-state index in [1.54, 1.807) is 7.11 Å². The Bertz CT molecular complexity index is 723. The molecule has 0 saturated carbocycles. The van der Waals surface area contributed by atoms with Gasteiger partial charge in [-0.3, -0.25) is 9.89 Å². The minimum absolute atomic E-state index is 0.0249. The molecule has 1 amide bonds. The van der Waals surface area contributed by atoms with E-state index in [2.05, 4.69) is 20.5 Å². The molecule has 3 rings (SSSR count). The molecule has 0 aliphatic heterocycles. The van der Waals surface area contributed by atoms with E-state index in [0.717, 1.165) is 41.9 Å². The normalized spacial score (nSPS) is 14.4. The maximum absolute atomic E-state index is 12.6. The second-order valence-electron chi connectivity index (χ2n) is 6.13. The Balaban J connectivity index is 1.72. The lowest BCUT2D eigenvalue weighted by Gasteiger charge is -2.15. The Kier molecular flexibility index (Phi) is 4.32. The molecule has 1 aliphatic carbocycles. The number of hydrogen-bond acceptors (Lipinski definition) is 4. The van der Waals surface area contributed by atoms with Crippen molar-refractivity contribution < 1.29 is 9.53 Å². The van der Waals surface area contributed by atoms with Crippen molar-refractivity contribution in [1.82, 2.24) is 20.5 Å². The maximum Gasteiger partial charge on any atom is 0.256 e. The molecule has 0 fully saturated rings. The quantitative estimate of drug-likeness (QED) is 0.884. The summed E-state index contributed by atoms with van der Waals surface area (Å²) in [4.78, 5) is 17.1. The van der Waals surface area contributed by atoms with Crippen molar-refractivity contribution in [2.45, 2.75) is 45.6 Å². The molecule has 2 N–H and O–H groups in total. The van der Waals surface area contributed by atoms with Gasteiger partial charge in [-0.25, -0.2) is 4.98 Å². The van der Waals surface area contributed by atoms with Crippen LogP contribution in [-0.4, -0.2) is 34.2 Å². The first-order valence-electron chi connectivity index (χ1n) is 7.95. The Morgan fingerprint density at radius 1 is 1.43 bits per heavy atom. The van der Waals surface area contributed by atoms with Gasteiger partial charge in [0.15, 0.2) is 0 Å². The van der Waals surface area contributed by atoms with Gasteiger partial charge in [0.25, 0.3) is 5.91 Å². The molecule has 0 unspecified atom stereocenters. The van der Waals surface area contributed by atoms with E-state index in [1.165, 1.54) is 0 Å². The molecule has 23 heavy (non-hydrogen) atoms. The number of pyridine rings is 1. The molecule has 2 aromatic rings. The van der Waals surface area contributed by atoms with Crippen LogP contribution in [0.25, 0.3) is 0 Å². The van der Waals surface area contributed by atoms with Crippen molar-refractivity contribution in [3.8, 4) is 5.88 Å². The van der Waals surface area contributed by atoms with Crippen molar-refractivity contribution in [3.63, 3.8) is 0 Å². The van der Waals surface area contributed by atoms with E-state index >= 15 is 0 Å². The van der Waals surface area contributed by atoms with Crippen LogP contribution in [0.15, 0.2) is 12.1 Å². The van der Waals surface area contributed by atoms with Gasteiger partial charge in [-0.05, 0) is 50.8 Å². The van der Waals surface area contributed by atoms with Crippen molar-refractivity contribution >= 4 is 5.91 Å². The number of methoxy groups -OCH3 is 1. The van der Waals surface area contributed by atoms with Gasteiger partial charge < -0.3 is 10.1 Å². The number of amides is 1. The van der Waals surface area contributed by atoms with Gasteiger partial charge in [-0.1, -0.05) is 0 Å². The average Bonchev–Trinajstić information content (AvgIpc) is 3.13. The molecule has 0 radical (unpaired) electrons. The van der Waals surface area contributed by atoms with Crippen LogP contribution >= 0.6 is 0 Å². The molecule has 6 nitrogen and oxygen atoms in total. The van der Waals surface area contributed by atoms with E-state index in [9.17, 15) is 4.79 Å². The third-order valence-corrected chi connectivity index (χ3v) is 4.11. The number of carbonyl (C=O) groups is 1. The molecule has 2 heterocycles. The maximum atomic E-state index is 12.6. The van der Waals surface area contributed by atoms with Crippen LogP contribution < -0.4 is 10.1 Å². The number of nitrogens with zero attached hydrogens (tertiary/aromatic N) is 2. The molecule has 6 heteroatoms. The van der Waals surface area contributed by atoms with E-state index in [1.807, 2.05) is 26.0 Å². The summed E-state index contributed by atoms with van der Waals surface area (Å²) in [6.45, 7) is 3.93. The zero-order valence-electron chi connectivity index (χ0n) is 13.8. The molecule has 1 aliphatic rings. The fourth-order valence-corrected chi connectivity index (χ4v) is 3.02. The van der Waals surface area contributed by atoms with Crippen LogP contribution in [0, 0.1) is 6.92 Å². The Morgan fingerprint density at radius 2 is 2.26 bits per heavy atom. The van der Waals surface area contributed by atoms with Crippen molar-refractivity contribution in [2.75, 3.05) is 7.11 Å². The summed E-state index contributed by atoms with van der Waals surface area (Å²) in [6.07, 6.45) is 3.71. The topological polar surface area (TPSA) is 79.9 Å². The predicted molar refractivity (Wildman–Crippen MR) is 86.8 cm³/mol. The van der Waals surface area contributed by atoms with Crippen LogP contribution in [0.1, 0.15) is 46.3 Å². The third kappa shape index (κ3) is 3.36. The van der Waals surface area contributed by atoms with Gasteiger partial charge in [-0.15, -0.1) is 0 Å². The monoisotopic (exact) mass is 314 g/mol. The van der Waals surface area contributed by atoms with Gasteiger partial charge in [0.05, 0.1) is 12.8 Å². The molecular formula is C17H22N4O2. The number of nitrogens with one attached hydrogen (secondary N) is 2. The summed E-state index contributed by atoms with van der Waals surface area (Å²) in [5, 5.41) is 10.1. The fraction of sp³-hybridized carbons (Fsp3) is 0.471. The zero-order valence-corrected chi connectivity index (χ0v) is 13.8. The predicted octanol–water partition coefficient (Wildman–Crippen LogP) is 1.97. The molecule has 122 valence electrons. The minimum Gasteiger partial charge on any atom is -0.480 e. The standard InChI is InChI=1S/C17H22N4O2/c1-10(7-13-8-11(2)20-21-13)18-16(22)14-9-12-5-4-6-15(12)19-17(14)23-3/h8-10H,4-7H2,1-3H3,(H,18,22)(H,20,21)/t10-/m0/s1. The number of aryl methyl sites for hydroxylation is 3. The van der Waals surface area contributed by atoms with E-state index in [-0.39, 0.29) is 11.9 Å². The highest BCUT2D eigenvalue weighted by Crippen LogP contribution is 2.26. The first-order valence-corrected chi connectivity index (χ1v) is 7.95. The van der Waals surface area contributed by atoms with E-state index in [0.29, 0.717) is 17.9 Å². The number of H-pyrrole nitrogens is 1. The summed E-state index contributed by atoms with van der Waals surface area (Å²) in [7, 11) is 1.55. The molecule has 1 atom stereocenters. The lowest BCUT2D eigenvalue weighted by Crippen LogP contribution is -2.34. The van der Waals surface area contributed by atoms with Gasteiger partial charge in [0.1, 0.15) is 5.56 Å². The highest BCUT2D eigenvalue weighted by molar-refractivity contribution is 5.96. The second kappa shape index (κ2) is 6.40. The minimum atomic E-state index is -0.149. The highest BCUT2D eigenvalue weighted by atomic mass is 16.5. The molecule has 0 spiro atoms. The third-order valence-electron chi connectivity index (χ3n) is 4.11. The summed E-state index contributed by atoms with van der Waals surface area (Å²) >= 11 is 0. The molecular weight excluding hydrogens is 292 g/mol. The number of rotatable bonds is 5. The molecule has 0 aromatic carbocycles. The zero-order chi connectivity index (χ0) is 16.4. The van der Waals surface area contributed by atoms with Gasteiger partial charge in [0.2, 0.25) is 5.88 Å². The van der Waals surface area contributed by atoms with Gasteiger partial charge in [-0.2, -0.15) is 5.10 Å². The lowest BCUT2D eigenvalue weighted by molar-refractivity contribution is 0.0936. The Morgan fingerprint density at radius 3 is 2.96 bits per heavy atom. The van der Waals surface area contributed by atoms with Crippen LogP contribution in [0.3, 0.4) is 0 Å². The number of ether oxygens (including phenoxy) is 1. The van der Waals surface area contributed by atoms with Gasteiger partial charge >= 0.3 is 0 Å². The first kappa shape index (κ1) is 15.5. The second-order valence-corrected chi connectivity index (χ2v) is 6.13. The van der Waals surface area contributed by atoms with Gasteiger partial charge in [0, 0.05) is 23.9 Å². The van der Waals surface area contributed by atoms with Crippen LogP contribution in [-0.2, 0) is 19.3 Å². The molecule has 0 saturated heterocycles. The number of hydrogen-bond donors (Lipinski definition) is 2. The summed E-state index contributed by atoms with van der Waals surface area (Å²) in [5.74, 6) is 0.259. The summed E-state index contributed by atoms with van der Waals surface area (Å²) < 4.78 is 5.31. The molecule has 2 aromatic heterocycles. The lowest BCUT2D eigenvalue weighted by atomic mass is 10.1. The van der Waals surface area contributed by atoms with Crippen molar-refractivity contribution in [1.29, 1.82) is 0 Å². The number of aromatic amines is 1. The fourth-order valence-electron chi connectivity index (χ4n) is 3.02. The van der Waals surface area contributed by atoms with E-state index in [4.69, 9.17) is 4.74 Å². The van der Waals surface area contributed by atoms with Crippen LogP contribution in [0.2, 0.25) is 0 Å². The summed E-state index contributed by atoms with van der Waals surface area (Å²) in [5.41, 5.74) is 4.68. The summed E-state index contributed by atoms with van der Waals surface area (Å²) in [6, 6.07) is 3.89. The van der Waals surface area contributed by atoms with Crippen LogP contribution in [0.5, 0.6) is 5.88 Å². The number of aromatic nitrogens is 3. The van der Waals surface area contributed by atoms with Crippen molar-refractivity contribution in [2.24, 2.45) is 0 Å². The molecule has 0 bridgehead atoms. The Hall–Kier alpha value is -2.37. The van der Waals surface area contributed by atoms with E-state index < -0.39 is 0 Å². The highest BCUT2D eigenvalue weighted by Gasteiger charge is 2.22. The smallest absolute Gasteiger partial charge is 0.256 e. The van der Waals surface area contributed by atoms with Crippen LogP contribution in [0.4, 0.5) is 0 Å². The first-order chi connectivity index (χ1) is 11.1. The Labute approximate surface area is 135 Å². The number of fused-ring (bicyclic) bond motifs is 1.